The molecule has 0 aliphatic heterocycles. The first-order chi connectivity index (χ1) is 9.43. The predicted molar refractivity (Wildman–Crippen MR) is 68.5 cm³/mol. The summed E-state index contributed by atoms with van der Waals surface area (Å²) in [6, 6.07) is 1.84. The molecule has 8 heteroatoms. The molecule has 0 saturated heterocycles. The quantitative estimate of drug-likeness (QED) is 0.742. The summed E-state index contributed by atoms with van der Waals surface area (Å²) in [5.74, 6) is -3.46. The molecule has 0 saturated carbocycles. The summed E-state index contributed by atoms with van der Waals surface area (Å²) >= 11 is 0.848. The molecular formula is C12H13F2NO4S. The van der Waals surface area contributed by atoms with Crippen LogP contribution < -0.4 is 5.32 Å². The largest absolute Gasteiger partial charge is 0.480 e. The lowest BCUT2D eigenvalue weighted by Crippen LogP contribution is -2.44. The van der Waals surface area contributed by atoms with E-state index in [9.17, 15) is 18.4 Å². The molecule has 0 heterocycles. The third-order valence-electron chi connectivity index (χ3n) is 2.22. The van der Waals surface area contributed by atoms with E-state index in [-0.39, 0.29) is 17.3 Å². The van der Waals surface area contributed by atoms with Crippen LogP contribution >= 0.6 is 11.8 Å². The monoisotopic (exact) mass is 305 g/mol. The van der Waals surface area contributed by atoms with Crippen LogP contribution in [0.25, 0.3) is 0 Å². The second-order valence-corrected chi connectivity index (χ2v) is 4.79. The van der Waals surface area contributed by atoms with E-state index in [1.807, 2.05) is 0 Å². The number of methoxy groups -OCH3 is 1. The number of aliphatic carboxylic acids is 1. The summed E-state index contributed by atoms with van der Waals surface area (Å²) in [6.45, 7) is -0.170. The molecule has 0 aliphatic rings. The fourth-order valence-electron chi connectivity index (χ4n) is 1.31. The molecule has 1 aromatic carbocycles. The first-order valence-corrected chi connectivity index (χ1v) is 6.51. The topological polar surface area (TPSA) is 75.6 Å². The number of nitrogens with one attached hydrogen (secondary N) is 1. The number of halogens is 2. The van der Waals surface area contributed by atoms with Gasteiger partial charge in [0.05, 0.1) is 12.4 Å². The highest BCUT2D eigenvalue weighted by Gasteiger charge is 2.19. The van der Waals surface area contributed by atoms with E-state index in [0.717, 1.165) is 17.8 Å². The van der Waals surface area contributed by atoms with Crippen molar-refractivity contribution in [1.29, 1.82) is 0 Å². The van der Waals surface area contributed by atoms with Gasteiger partial charge in [0.15, 0.2) is 6.04 Å². The van der Waals surface area contributed by atoms with E-state index >= 15 is 0 Å². The van der Waals surface area contributed by atoms with Crippen LogP contribution in [0.4, 0.5) is 8.78 Å². The normalized spacial score (nSPS) is 11.9. The highest BCUT2D eigenvalue weighted by Crippen LogP contribution is 2.21. The molecular weight excluding hydrogens is 292 g/mol. The number of carboxylic acids is 1. The fourth-order valence-corrected chi connectivity index (χ4v) is 2.04. The Kier molecular flexibility index (Phi) is 6.40. The molecule has 2 N–H and O–H groups in total. The summed E-state index contributed by atoms with van der Waals surface area (Å²) in [5.41, 5.74) is 0. The molecule has 0 fully saturated rings. The number of carboxylic acid groups (broad SMARTS) is 1. The van der Waals surface area contributed by atoms with E-state index in [1.165, 1.54) is 13.2 Å². The van der Waals surface area contributed by atoms with Crippen LogP contribution in [0, 0.1) is 11.6 Å². The van der Waals surface area contributed by atoms with Crippen LogP contribution in [0.1, 0.15) is 0 Å². The third kappa shape index (κ3) is 5.14. The lowest BCUT2D eigenvalue weighted by Gasteiger charge is -2.13. The molecule has 1 rings (SSSR count). The molecule has 1 amide bonds. The van der Waals surface area contributed by atoms with Gasteiger partial charge in [-0.15, -0.1) is 11.8 Å². The second-order valence-electron chi connectivity index (χ2n) is 3.78. The van der Waals surface area contributed by atoms with Crippen LogP contribution in [0.15, 0.2) is 23.1 Å². The number of thioether (sulfide) groups is 1. The minimum absolute atomic E-state index is 0.111. The zero-order valence-electron chi connectivity index (χ0n) is 10.6. The Morgan fingerprint density at radius 3 is 2.70 bits per heavy atom. The van der Waals surface area contributed by atoms with Crippen LogP contribution in [0.5, 0.6) is 0 Å². The van der Waals surface area contributed by atoms with Crippen molar-refractivity contribution in [2.75, 3.05) is 19.5 Å². The summed E-state index contributed by atoms with van der Waals surface area (Å²) in [7, 11) is 1.31. The minimum Gasteiger partial charge on any atom is -0.480 e. The molecule has 0 aliphatic carbocycles. The first-order valence-electron chi connectivity index (χ1n) is 5.53. The molecule has 0 spiro atoms. The molecule has 5 nitrogen and oxygen atoms in total. The van der Waals surface area contributed by atoms with Crippen molar-refractivity contribution in [3.8, 4) is 0 Å². The van der Waals surface area contributed by atoms with Gasteiger partial charge in [-0.25, -0.2) is 13.6 Å². The molecule has 20 heavy (non-hydrogen) atoms. The Bertz CT molecular complexity index is 498. The first kappa shape index (κ1) is 16.4. The smallest absolute Gasteiger partial charge is 0.328 e. The average Bonchev–Trinajstić information content (AvgIpc) is 2.37. The second kappa shape index (κ2) is 7.81. The Balaban J connectivity index is 2.52. The number of hydrogen-bond donors (Lipinski definition) is 2. The van der Waals surface area contributed by atoms with Crippen molar-refractivity contribution in [3.63, 3.8) is 0 Å². The zero-order valence-corrected chi connectivity index (χ0v) is 11.4. The number of benzene rings is 1. The maximum atomic E-state index is 13.3. The number of rotatable bonds is 7. The molecule has 1 aromatic rings. The molecule has 0 bridgehead atoms. The number of carbonyl (C=O) groups excluding carboxylic acids is 1. The van der Waals surface area contributed by atoms with Crippen molar-refractivity contribution >= 4 is 23.6 Å². The van der Waals surface area contributed by atoms with Gasteiger partial charge < -0.3 is 15.2 Å². The highest BCUT2D eigenvalue weighted by molar-refractivity contribution is 8.00. The third-order valence-corrected chi connectivity index (χ3v) is 3.27. The van der Waals surface area contributed by atoms with Crippen molar-refractivity contribution in [1.82, 2.24) is 5.32 Å². The number of hydrogen-bond acceptors (Lipinski definition) is 4. The van der Waals surface area contributed by atoms with Crippen LogP contribution in [0.3, 0.4) is 0 Å². The molecule has 0 aromatic heterocycles. The van der Waals surface area contributed by atoms with Gasteiger partial charge in [0.2, 0.25) is 5.91 Å². The van der Waals surface area contributed by atoms with Gasteiger partial charge in [-0.3, -0.25) is 4.79 Å². The Morgan fingerprint density at radius 2 is 2.15 bits per heavy atom. The van der Waals surface area contributed by atoms with Gasteiger partial charge in [0, 0.05) is 18.1 Å². The van der Waals surface area contributed by atoms with Crippen molar-refractivity contribution in [3.05, 3.63) is 29.8 Å². The number of ether oxygens (including phenoxy) is 1. The summed E-state index contributed by atoms with van der Waals surface area (Å²) in [5, 5.41) is 11.0. The van der Waals surface area contributed by atoms with E-state index in [0.29, 0.717) is 6.07 Å². The zero-order chi connectivity index (χ0) is 15.1. The summed E-state index contributed by atoms with van der Waals surface area (Å²) in [4.78, 5) is 22.4. The van der Waals surface area contributed by atoms with Gasteiger partial charge in [0.25, 0.3) is 0 Å². The van der Waals surface area contributed by atoms with Crippen molar-refractivity contribution in [2.24, 2.45) is 0 Å². The van der Waals surface area contributed by atoms with Gasteiger partial charge in [-0.1, -0.05) is 0 Å². The van der Waals surface area contributed by atoms with Gasteiger partial charge in [-0.05, 0) is 12.1 Å². The van der Waals surface area contributed by atoms with Crippen LogP contribution in [-0.4, -0.2) is 42.5 Å². The number of amides is 1. The lowest BCUT2D eigenvalue weighted by atomic mass is 10.3. The molecule has 0 radical (unpaired) electrons. The lowest BCUT2D eigenvalue weighted by molar-refractivity contribution is -0.142. The van der Waals surface area contributed by atoms with Gasteiger partial charge in [0.1, 0.15) is 11.6 Å². The Morgan fingerprint density at radius 1 is 1.45 bits per heavy atom. The van der Waals surface area contributed by atoms with E-state index in [2.05, 4.69) is 10.1 Å². The standard InChI is InChI=1S/C12H13F2NO4S/c1-19-5-9(12(17)18)15-11(16)6-20-10-3-2-7(13)4-8(10)14/h2-4,9H,5-6H2,1H3,(H,15,16)(H,17,18). The molecule has 1 unspecified atom stereocenters. The SMILES string of the molecule is COCC(NC(=O)CSc1ccc(F)cc1F)C(=O)O. The van der Waals surface area contributed by atoms with Crippen LogP contribution in [0.2, 0.25) is 0 Å². The highest BCUT2D eigenvalue weighted by atomic mass is 32.2. The molecule has 1 atom stereocenters. The summed E-state index contributed by atoms with van der Waals surface area (Å²) in [6.07, 6.45) is 0. The Hall–Kier alpha value is -1.67. The maximum absolute atomic E-state index is 13.3. The maximum Gasteiger partial charge on any atom is 0.328 e. The molecule has 110 valence electrons. The van der Waals surface area contributed by atoms with E-state index in [1.54, 1.807) is 0 Å². The van der Waals surface area contributed by atoms with Crippen molar-refractivity contribution < 1.29 is 28.2 Å². The van der Waals surface area contributed by atoms with Crippen molar-refractivity contribution in [2.45, 2.75) is 10.9 Å². The summed E-state index contributed by atoms with van der Waals surface area (Å²) < 4.78 is 30.6. The predicted octanol–water partition coefficient (Wildman–Crippen LogP) is 1.27. The van der Waals surface area contributed by atoms with Gasteiger partial charge in [-0.2, -0.15) is 0 Å². The van der Waals surface area contributed by atoms with E-state index < -0.39 is 29.6 Å². The number of carbonyl (C=O) groups is 2. The van der Waals surface area contributed by atoms with E-state index in [4.69, 9.17) is 5.11 Å². The fraction of sp³-hybridized carbons (Fsp3) is 0.333. The average molecular weight is 305 g/mol. The van der Waals surface area contributed by atoms with Crippen LogP contribution in [-0.2, 0) is 14.3 Å². The minimum atomic E-state index is -1.22. The van der Waals surface area contributed by atoms with Gasteiger partial charge >= 0.3 is 5.97 Å². The Labute approximate surface area is 118 Å².